The highest BCUT2D eigenvalue weighted by Crippen LogP contribution is 2.38. The molecule has 0 unspecified atom stereocenters. The number of benzene rings is 4. The van der Waals surface area contributed by atoms with E-state index in [0.29, 0.717) is 13.2 Å². The summed E-state index contributed by atoms with van der Waals surface area (Å²) in [6.07, 6.45) is 9.39. The zero-order chi connectivity index (χ0) is 35.8. The zero-order valence-electron chi connectivity index (χ0n) is 29.5. The number of H-pyrrole nitrogens is 2. The Morgan fingerprint density at radius 1 is 0.389 bits per heavy atom. The summed E-state index contributed by atoms with van der Waals surface area (Å²) in [6.45, 7) is 1.39. The second-order valence-corrected chi connectivity index (χ2v) is 13.6. The fourth-order valence-electron chi connectivity index (χ4n) is 7.72. The number of rotatable bonds is 5. The first kappa shape index (κ1) is 32.1. The molecule has 0 atom stereocenters. The minimum atomic E-state index is -0.357. The topological polar surface area (TPSA) is 75.8 Å². The Labute approximate surface area is 313 Å². The molecule has 1 saturated heterocycles. The van der Waals surface area contributed by atoms with Crippen LogP contribution in [-0.4, -0.2) is 40.3 Å². The molecule has 0 radical (unpaired) electrons. The number of hydrogen-bond donors (Lipinski definition) is 2. The molecule has 0 aliphatic carbocycles. The van der Waals surface area contributed by atoms with Crippen molar-refractivity contribution >= 4 is 59.0 Å². The van der Waals surface area contributed by atoms with Gasteiger partial charge in [-0.3, -0.25) is 0 Å². The van der Waals surface area contributed by atoms with Crippen molar-refractivity contribution in [2.24, 2.45) is 0 Å². The van der Waals surface area contributed by atoms with Gasteiger partial charge in [0, 0.05) is 57.5 Å². The molecule has 8 bridgehead atoms. The maximum Gasteiger partial charge on any atom is 0.493 e. The van der Waals surface area contributed by atoms with Gasteiger partial charge in [0.15, 0.2) is 0 Å². The normalized spacial score (nSPS) is 13.7. The summed E-state index contributed by atoms with van der Waals surface area (Å²) in [5.74, 6) is 0. The summed E-state index contributed by atoms with van der Waals surface area (Å²) < 4.78 is 11.9. The second-order valence-electron chi connectivity index (χ2n) is 13.6. The fourth-order valence-corrected chi connectivity index (χ4v) is 7.72. The molecule has 7 heteroatoms. The van der Waals surface area contributed by atoms with Crippen molar-refractivity contribution in [3.63, 3.8) is 0 Å². The van der Waals surface area contributed by atoms with Gasteiger partial charge in [-0.2, -0.15) is 0 Å². The van der Waals surface area contributed by atoms with Crippen molar-refractivity contribution in [1.82, 2.24) is 19.9 Å². The average molecular weight is 699 g/mol. The lowest BCUT2D eigenvalue weighted by Gasteiger charge is -2.20. The van der Waals surface area contributed by atoms with Crippen LogP contribution in [0.15, 0.2) is 140 Å². The van der Waals surface area contributed by atoms with Gasteiger partial charge in [-0.05, 0) is 82.7 Å². The van der Waals surface area contributed by atoms with Gasteiger partial charge >= 0.3 is 7.12 Å². The van der Waals surface area contributed by atoms with Crippen molar-refractivity contribution in [2.75, 3.05) is 13.2 Å². The van der Waals surface area contributed by atoms with Crippen LogP contribution < -0.4 is 5.46 Å². The first-order valence-electron chi connectivity index (χ1n) is 18.4. The molecule has 4 aromatic carbocycles. The van der Waals surface area contributed by atoms with E-state index in [1.165, 1.54) is 0 Å². The summed E-state index contributed by atoms with van der Waals surface area (Å²) in [5, 5.41) is 0. The summed E-state index contributed by atoms with van der Waals surface area (Å²) in [4.78, 5) is 18.5. The van der Waals surface area contributed by atoms with E-state index in [9.17, 15) is 0 Å². The van der Waals surface area contributed by atoms with E-state index in [-0.39, 0.29) is 7.12 Å². The predicted octanol–water partition coefficient (Wildman–Crippen LogP) is 10.5. The van der Waals surface area contributed by atoms with Crippen LogP contribution in [-0.2, 0) is 9.31 Å². The zero-order valence-corrected chi connectivity index (χ0v) is 29.5. The molecule has 3 aliphatic rings. The van der Waals surface area contributed by atoms with Gasteiger partial charge in [-0.1, -0.05) is 115 Å². The number of nitrogens with zero attached hydrogens (tertiary/aromatic N) is 2. The van der Waals surface area contributed by atoms with E-state index in [0.717, 1.165) is 101 Å². The molecule has 3 aliphatic heterocycles. The molecule has 54 heavy (non-hydrogen) atoms. The van der Waals surface area contributed by atoms with E-state index < -0.39 is 0 Å². The third-order valence-corrected chi connectivity index (χ3v) is 10.2. The Kier molecular flexibility index (Phi) is 8.21. The van der Waals surface area contributed by atoms with Crippen molar-refractivity contribution in [1.29, 1.82) is 0 Å². The van der Waals surface area contributed by atoms with Crippen LogP contribution in [0.5, 0.6) is 0 Å². The largest absolute Gasteiger partial charge is 0.493 e. The van der Waals surface area contributed by atoms with Gasteiger partial charge in [0.05, 0.1) is 22.8 Å². The van der Waals surface area contributed by atoms with Crippen LogP contribution in [0.3, 0.4) is 0 Å². The number of fused-ring (bicyclic) bond motifs is 8. The molecule has 7 aromatic rings. The molecule has 2 N–H and O–H groups in total. The molecule has 3 aromatic heterocycles. The lowest BCUT2D eigenvalue weighted by molar-refractivity contribution is 0.143. The molecule has 0 saturated carbocycles. The Morgan fingerprint density at radius 2 is 0.759 bits per heavy atom. The van der Waals surface area contributed by atoms with Crippen molar-refractivity contribution < 1.29 is 9.31 Å². The lowest BCUT2D eigenvalue weighted by Crippen LogP contribution is -2.40. The van der Waals surface area contributed by atoms with Crippen molar-refractivity contribution in [3.05, 3.63) is 162 Å². The highest BCUT2D eigenvalue weighted by atomic mass is 16.6. The molecular weight excluding hydrogens is 663 g/mol. The Morgan fingerprint density at radius 3 is 1.20 bits per heavy atom. The molecule has 10 rings (SSSR count). The minimum Gasteiger partial charge on any atom is -0.407 e. The predicted molar refractivity (Wildman–Crippen MR) is 223 cm³/mol. The van der Waals surface area contributed by atoms with Gasteiger partial charge in [0.1, 0.15) is 0 Å². The van der Waals surface area contributed by atoms with Crippen LogP contribution >= 0.6 is 0 Å². The van der Waals surface area contributed by atoms with Gasteiger partial charge in [0.25, 0.3) is 0 Å². The van der Waals surface area contributed by atoms with Crippen molar-refractivity contribution in [3.8, 4) is 44.5 Å². The summed E-state index contributed by atoms with van der Waals surface area (Å²) >= 11 is 0. The highest BCUT2D eigenvalue weighted by Gasteiger charge is 2.25. The van der Waals surface area contributed by atoms with Gasteiger partial charge < -0.3 is 19.3 Å². The number of aromatic amines is 2. The summed E-state index contributed by atoms with van der Waals surface area (Å²) in [6, 6.07) is 48.7. The Hall–Kier alpha value is -6.54. The monoisotopic (exact) mass is 698 g/mol. The molecule has 1 fully saturated rings. The standard InChI is InChI=1S/C47H35BN4O2/c1-4-11-31(12-5-1)44-36-21-23-38(49-36)45(32-13-6-2-7-14-32)40-25-27-42(51-40)47(34-17-19-35(20-18-34)48-53-29-10-30-54-48)43-28-26-41(52-43)46(33-15-8-3-9-16-33)39-24-22-37(44)50-39/h1-9,11-28,49-50H,10,29-30H2. The van der Waals surface area contributed by atoms with Gasteiger partial charge in [-0.25, -0.2) is 9.97 Å². The Bertz CT molecular complexity index is 2590. The molecule has 0 amide bonds. The molecule has 6 heterocycles. The van der Waals surface area contributed by atoms with Gasteiger partial charge in [0.2, 0.25) is 0 Å². The average Bonchev–Trinajstić information content (AvgIpc) is 4.08. The molecule has 6 nitrogen and oxygen atoms in total. The van der Waals surface area contributed by atoms with Crippen molar-refractivity contribution in [2.45, 2.75) is 6.42 Å². The fraction of sp³-hybridized carbons (Fsp3) is 0.0638. The summed E-state index contributed by atoms with van der Waals surface area (Å²) in [7, 11) is -0.357. The molecule has 258 valence electrons. The second kappa shape index (κ2) is 13.8. The third-order valence-electron chi connectivity index (χ3n) is 10.2. The lowest BCUT2D eigenvalue weighted by atomic mass is 9.77. The Balaban J connectivity index is 1.32. The highest BCUT2D eigenvalue weighted by molar-refractivity contribution is 6.61. The smallest absolute Gasteiger partial charge is 0.407 e. The van der Waals surface area contributed by atoms with Crippen LogP contribution in [0.4, 0.5) is 0 Å². The van der Waals surface area contributed by atoms with Crippen LogP contribution in [0, 0.1) is 0 Å². The number of hydrogen-bond acceptors (Lipinski definition) is 4. The molecule has 0 spiro atoms. The van der Waals surface area contributed by atoms with Crippen LogP contribution in [0.25, 0.3) is 90.9 Å². The van der Waals surface area contributed by atoms with Crippen LogP contribution in [0.2, 0.25) is 0 Å². The number of nitrogens with one attached hydrogen (secondary N) is 2. The maximum absolute atomic E-state index is 5.93. The summed E-state index contributed by atoms with van der Waals surface area (Å²) in [5.41, 5.74) is 16.8. The quantitative estimate of drug-likeness (QED) is 0.176. The van der Waals surface area contributed by atoms with E-state index in [2.05, 4.69) is 162 Å². The maximum atomic E-state index is 5.93. The first-order chi connectivity index (χ1) is 26.8. The van der Waals surface area contributed by atoms with Crippen LogP contribution in [0.1, 0.15) is 29.2 Å². The minimum absolute atomic E-state index is 0.357. The van der Waals surface area contributed by atoms with E-state index in [1.54, 1.807) is 0 Å². The van der Waals surface area contributed by atoms with E-state index in [1.807, 2.05) is 12.1 Å². The van der Waals surface area contributed by atoms with E-state index >= 15 is 0 Å². The third kappa shape index (κ3) is 5.90. The van der Waals surface area contributed by atoms with E-state index in [4.69, 9.17) is 19.3 Å². The van der Waals surface area contributed by atoms with Gasteiger partial charge in [-0.15, -0.1) is 0 Å². The number of aromatic nitrogens is 4. The molecular formula is C47H35BN4O2. The first-order valence-corrected chi connectivity index (χ1v) is 18.4. The SMILES string of the molecule is C1=Cc2nc1c(-c1ccc(B3OCCCO3)cc1)c1nc(c(-c3ccccc3)c3ccc([nH]3)c(-c3ccccc3)c3ccc([nH]3)c2-c2ccccc2)C=C1.